The monoisotopic (exact) mass is 219 g/mol. The Kier molecular flexibility index (Phi) is 2.83. The van der Waals surface area contributed by atoms with Gasteiger partial charge in [-0.15, -0.1) is 0 Å². The Morgan fingerprint density at radius 3 is 2.54 bits per heavy atom. The van der Waals surface area contributed by atoms with Gasteiger partial charge in [0.1, 0.15) is 0 Å². The van der Waals surface area contributed by atoms with E-state index in [9.17, 15) is 8.42 Å². The summed E-state index contributed by atoms with van der Waals surface area (Å²) < 4.78 is 21.9. The van der Waals surface area contributed by atoms with Gasteiger partial charge >= 0.3 is 0 Å². The van der Waals surface area contributed by atoms with Crippen molar-refractivity contribution in [3.05, 3.63) is 28.8 Å². The maximum absolute atomic E-state index is 10.9. The molecule has 0 atom stereocenters. The summed E-state index contributed by atoms with van der Waals surface area (Å²) in [6, 6.07) is 4.79. The Bertz CT molecular complexity index is 414. The van der Waals surface area contributed by atoms with E-state index in [1.165, 1.54) is 6.26 Å². The number of hydrogen-bond donors (Lipinski definition) is 1. The molecule has 1 aromatic rings. The molecule has 0 fully saturated rings. The van der Waals surface area contributed by atoms with Gasteiger partial charge in [0.05, 0.1) is 5.75 Å². The lowest BCUT2D eigenvalue weighted by Crippen LogP contribution is -2.03. The maximum Gasteiger partial charge on any atom is 0.151 e. The molecule has 2 N–H and O–H groups in total. The van der Waals surface area contributed by atoms with Crippen molar-refractivity contribution in [2.75, 3.05) is 12.0 Å². The van der Waals surface area contributed by atoms with Crippen molar-refractivity contribution < 1.29 is 8.42 Å². The second-order valence-corrected chi connectivity index (χ2v) is 5.49. The molecule has 0 radical (unpaired) electrons. The van der Waals surface area contributed by atoms with Crippen LogP contribution < -0.4 is 5.73 Å². The van der Waals surface area contributed by atoms with Crippen LogP contribution in [0.2, 0.25) is 5.02 Å². The summed E-state index contributed by atoms with van der Waals surface area (Å²) in [5.41, 5.74) is 6.58. The van der Waals surface area contributed by atoms with Gasteiger partial charge in [0, 0.05) is 17.0 Å². The standard InChI is InChI=1S/C8H10ClNO2S/c1-13(11,12)5-6-2-3-7(9)4-8(6)10/h2-4H,5,10H2,1H3. The van der Waals surface area contributed by atoms with Crippen molar-refractivity contribution in [1.29, 1.82) is 0 Å². The van der Waals surface area contributed by atoms with E-state index in [1.54, 1.807) is 18.2 Å². The first-order valence-electron chi connectivity index (χ1n) is 3.60. The predicted octanol–water partition coefficient (Wildman–Crippen LogP) is 1.47. The molecule has 0 aliphatic carbocycles. The second kappa shape index (κ2) is 3.55. The topological polar surface area (TPSA) is 60.2 Å². The second-order valence-electron chi connectivity index (χ2n) is 2.91. The lowest BCUT2D eigenvalue weighted by atomic mass is 10.2. The lowest BCUT2D eigenvalue weighted by molar-refractivity contribution is 0.601. The van der Waals surface area contributed by atoms with Gasteiger partial charge in [-0.3, -0.25) is 0 Å². The van der Waals surface area contributed by atoms with E-state index < -0.39 is 9.84 Å². The number of halogens is 1. The molecule has 1 aromatic carbocycles. The van der Waals surface area contributed by atoms with Crippen molar-refractivity contribution in [3.8, 4) is 0 Å². The van der Waals surface area contributed by atoms with Gasteiger partial charge in [-0.25, -0.2) is 8.42 Å². The number of benzene rings is 1. The third kappa shape index (κ3) is 3.24. The number of anilines is 1. The SMILES string of the molecule is CS(=O)(=O)Cc1ccc(Cl)cc1N. The molecule has 0 aliphatic heterocycles. The molecule has 13 heavy (non-hydrogen) atoms. The van der Waals surface area contributed by atoms with Gasteiger partial charge in [-0.2, -0.15) is 0 Å². The van der Waals surface area contributed by atoms with Crippen LogP contribution in [0.25, 0.3) is 0 Å². The number of hydrogen-bond acceptors (Lipinski definition) is 3. The molecule has 1 rings (SSSR count). The summed E-state index contributed by atoms with van der Waals surface area (Å²) in [6.45, 7) is 0. The van der Waals surface area contributed by atoms with Crippen LogP contribution >= 0.6 is 11.6 Å². The van der Waals surface area contributed by atoms with Gasteiger partial charge in [-0.05, 0) is 17.7 Å². The van der Waals surface area contributed by atoms with E-state index in [2.05, 4.69) is 0 Å². The first-order chi connectivity index (χ1) is 5.88. The zero-order chi connectivity index (χ0) is 10.1. The Labute approximate surface area is 82.4 Å². The van der Waals surface area contributed by atoms with E-state index in [4.69, 9.17) is 17.3 Å². The molecular formula is C8H10ClNO2S. The van der Waals surface area contributed by atoms with E-state index >= 15 is 0 Å². The molecule has 5 heteroatoms. The minimum Gasteiger partial charge on any atom is -0.398 e. The smallest absolute Gasteiger partial charge is 0.151 e. The van der Waals surface area contributed by atoms with Crippen LogP contribution in [0, 0.1) is 0 Å². The Balaban J connectivity index is 3.04. The average molecular weight is 220 g/mol. The summed E-state index contributed by atoms with van der Waals surface area (Å²) in [4.78, 5) is 0. The summed E-state index contributed by atoms with van der Waals surface area (Å²) >= 11 is 5.66. The predicted molar refractivity (Wildman–Crippen MR) is 54.4 cm³/mol. The highest BCUT2D eigenvalue weighted by molar-refractivity contribution is 7.89. The van der Waals surface area contributed by atoms with E-state index in [1.807, 2.05) is 0 Å². The Morgan fingerprint density at radius 1 is 1.46 bits per heavy atom. The molecule has 0 aromatic heterocycles. The molecule has 0 saturated carbocycles. The van der Waals surface area contributed by atoms with Crippen molar-refractivity contribution in [2.45, 2.75) is 5.75 Å². The fourth-order valence-corrected chi connectivity index (χ4v) is 1.99. The van der Waals surface area contributed by atoms with Gasteiger partial charge in [0.2, 0.25) is 0 Å². The molecule has 72 valence electrons. The Morgan fingerprint density at radius 2 is 2.08 bits per heavy atom. The van der Waals surface area contributed by atoms with Crippen molar-refractivity contribution in [2.24, 2.45) is 0 Å². The molecule has 0 spiro atoms. The van der Waals surface area contributed by atoms with Gasteiger partial charge in [0.25, 0.3) is 0 Å². The minimum atomic E-state index is -3.04. The van der Waals surface area contributed by atoms with Crippen LogP contribution in [0.5, 0.6) is 0 Å². The lowest BCUT2D eigenvalue weighted by Gasteiger charge is -2.03. The number of sulfone groups is 1. The van der Waals surface area contributed by atoms with Gasteiger partial charge in [0.15, 0.2) is 9.84 Å². The zero-order valence-electron chi connectivity index (χ0n) is 7.12. The van der Waals surface area contributed by atoms with E-state index in [-0.39, 0.29) is 5.75 Å². The summed E-state index contributed by atoms with van der Waals surface area (Å²) in [5, 5.41) is 0.509. The van der Waals surface area contributed by atoms with Gasteiger partial charge in [-0.1, -0.05) is 17.7 Å². The normalized spacial score (nSPS) is 11.5. The summed E-state index contributed by atoms with van der Waals surface area (Å²) in [5.74, 6) is -0.0456. The van der Waals surface area contributed by atoms with Crippen molar-refractivity contribution >= 4 is 27.1 Å². The highest BCUT2D eigenvalue weighted by Gasteiger charge is 2.07. The van der Waals surface area contributed by atoms with Crippen LogP contribution in [0.15, 0.2) is 18.2 Å². The molecule has 0 unspecified atom stereocenters. The molecule has 0 aliphatic rings. The van der Waals surface area contributed by atoms with E-state index in [0.29, 0.717) is 16.3 Å². The number of rotatable bonds is 2. The zero-order valence-corrected chi connectivity index (χ0v) is 8.69. The fraction of sp³-hybridized carbons (Fsp3) is 0.250. The van der Waals surface area contributed by atoms with Crippen LogP contribution in [0.3, 0.4) is 0 Å². The van der Waals surface area contributed by atoms with Crippen molar-refractivity contribution in [3.63, 3.8) is 0 Å². The first-order valence-corrected chi connectivity index (χ1v) is 6.04. The third-order valence-corrected chi connectivity index (χ3v) is 2.60. The molecule has 0 bridgehead atoms. The largest absolute Gasteiger partial charge is 0.398 e. The Hall–Kier alpha value is -0.740. The maximum atomic E-state index is 10.9. The molecule has 0 heterocycles. The van der Waals surface area contributed by atoms with Gasteiger partial charge < -0.3 is 5.73 Å². The molecular weight excluding hydrogens is 210 g/mol. The molecule has 3 nitrogen and oxygen atoms in total. The molecule has 0 amide bonds. The first kappa shape index (κ1) is 10.3. The van der Waals surface area contributed by atoms with Crippen LogP contribution in [0.1, 0.15) is 5.56 Å². The highest BCUT2D eigenvalue weighted by atomic mass is 35.5. The van der Waals surface area contributed by atoms with Crippen LogP contribution in [-0.4, -0.2) is 14.7 Å². The fourth-order valence-electron chi connectivity index (χ4n) is 0.980. The minimum absolute atomic E-state index is 0.0456. The summed E-state index contributed by atoms with van der Waals surface area (Å²) in [7, 11) is -3.04. The van der Waals surface area contributed by atoms with Crippen LogP contribution in [0.4, 0.5) is 5.69 Å². The van der Waals surface area contributed by atoms with Crippen LogP contribution in [-0.2, 0) is 15.6 Å². The number of nitrogen functional groups attached to an aromatic ring is 1. The number of nitrogens with two attached hydrogens (primary N) is 1. The summed E-state index contributed by atoms with van der Waals surface area (Å²) in [6.07, 6.45) is 1.17. The van der Waals surface area contributed by atoms with Crippen molar-refractivity contribution in [1.82, 2.24) is 0 Å². The molecule has 0 saturated heterocycles. The van der Waals surface area contributed by atoms with E-state index in [0.717, 1.165) is 0 Å². The average Bonchev–Trinajstić information content (AvgIpc) is 1.93. The highest BCUT2D eigenvalue weighted by Crippen LogP contribution is 2.19. The quantitative estimate of drug-likeness (QED) is 0.767. The third-order valence-electron chi connectivity index (χ3n) is 1.53.